The van der Waals surface area contributed by atoms with E-state index in [9.17, 15) is 4.79 Å². The van der Waals surface area contributed by atoms with Crippen molar-refractivity contribution < 1.29 is 4.79 Å². The van der Waals surface area contributed by atoms with Crippen molar-refractivity contribution in [2.24, 2.45) is 0 Å². The summed E-state index contributed by atoms with van der Waals surface area (Å²) in [7, 11) is 0. The lowest BCUT2D eigenvalue weighted by atomic mass is 10.1. The standard InChI is InChI=1S/C12H10N2O/c13-7-2-1-4-9-5-3-6-10-8-11(15)14-12(9)10/h1,3-6H,2,8H2,(H,14,15). The van der Waals surface area contributed by atoms with Gasteiger partial charge in [-0.3, -0.25) is 4.79 Å². The molecule has 1 aromatic carbocycles. The molecule has 0 atom stereocenters. The highest BCUT2D eigenvalue weighted by Gasteiger charge is 2.18. The maximum Gasteiger partial charge on any atom is 0.228 e. The molecule has 3 heteroatoms. The van der Waals surface area contributed by atoms with Gasteiger partial charge in [0.2, 0.25) is 5.91 Å². The van der Waals surface area contributed by atoms with Crippen molar-refractivity contribution in [3.8, 4) is 6.07 Å². The number of carbonyl (C=O) groups excluding carboxylic acids is 1. The maximum atomic E-state index is 11.2. The molecular formula is C12H10N2O. The van der Waals surface area contributed by atoms with Gasteiger partial charge in [0, 0.05) is 0 Å². The molecule has 1 aromatic rings. The molecule has 0 fully saturated rings. The quantitative estimate of drug-likeness (QED) is 0.791. The number of carbonyl (C=O) groups is 1. The van der Waals surface area contributed by atoms with Crippen molar-refractivity contribution in [2.75, 3.05) is 5.32 Å². The highest BCUT2D eigenvalue weighted by molar-refractivity contribution is 6.01. The van der Waals surface area contributed by atoms with Gasteiger partial charge in [-0.1, -0.05) is 30.4 Å². The fraction of sp³-hybridized carbons (Fsp3) is 0.167. The maximum absolute atomic E-state index is 11.2. The van der Waals surface area contributed by atoms with Crippen molar-refractivity contribution in [3.63, 3.8) is 0 Å². The highest BCUT2D eigenvalue weighted by atomic mass is 16.1. The van der Waals surface area contributed by atoms with E-state index < -0.39 is 0 Å². The number of rotatable bonds is 2. The molecular weight excluding hydrogens is 188 g/mol. The second-order valence-corrected chi connectivity index (χ2v) is 3.37. The smallest absolute Gasteiger partial charge is 0.228 e. The molecule has 2 rings (SSSR count). The zero-order valence-electron chi connectivity index (χ0n) is 8.16. The lowest BCUT2D eigenvalue weighted by Crippen LogP contribution is -2.04. The summed E-state index contributed by atoms with van der Waals surface area (Å²) in [6.45, 7) is 0. The zero-order chi connectivity index (χ0) is 10.7. The molecule has 3 nitrogen and oxygen atoms in total. The number of nitrogens with one attached hydrogen (secondary N) is 1. The first kappa shape index (κ1) is 9.47. The van der Waals surface area contributed by atoms with Crippen LogP contribution in [0.25, 0.3) is 6.08 Å². The summed E-state index contributed by atoms with van der Waals surface area (Å²) >= 11 is 0. The van der Waals surface area contributed by atoms with Gasteiger partial charge in [0.25, 0.3) is 0 Å². The van der Waals surface area contributed by atoms with Gasteiger partial charge in [-0.15, -0.1) is 0 Å². The molecule has 0 aromatic heterocycles. The molecule has 74 valence electrons. The van der Waals surface area contributed by atoms with Crippen molar-refractivity contribution in [1.29, 1.82) is 5.26 Å². The monoisotopic (exact) mass is 198 g/mol. The number of hydrogen-bond donors (Lipinski definition) is 1. The van der Waals surface area contributed by atoms with Crippen LogP contribution in [0, 0.1) is 11.3 Å². The summed E-state index contributed by atoms with van der Waals surface area (Å²) in [6, 6.07) is 7.83. The third-order valence-corrected chi connectivity index (χ3v) is 2.30. The summed E-state index contributed by atoms with van der Waals surface area (Å²) in [4.78, 5) is 11.2. The van der Waals surface area contributed by atoms with E-state index in [-0.39, 0.29) is 5.91 Å². The van der Waals surface area contributed by atoms with E-state index in [4.69, 9.17) is 5.26 Å². The van der Waals surface area contributed by atoms with E-state index >= 15 is 0 Å². The molecule has 15 heavy (non-hydrogen) atoms. The molecule has 1 aliphatic heterocycles. The normalized spacial score (nSPS) is 13.7. The van der Waals surface area contributed by atoms with Crippen molar-refractivity contribution in [1.82, 2.24) is 0 Å². The lowest BCUT2D eigenvalue weighted by molar-refractivity contribution is -0.115. The summed E-state index contributed by atoms with van der Waals surface area (Å²) in [5, 5.41) is 11.2. The van der Waals surface area contributed by atoms with Crippen molar-refractivity contribution in [3.05, 3.63) is 35.4 Å². The van der Waals surface area contributed by atoms with E-state index in [2.05, 4.69) is 5.32 Å². The Bertz CT molecular complexity index is 469. The predicted molar refractivity (Wildman–Crippen MR) is 58.0 cm³/mol. The molecule has 0 radical (unpaired) electrons. The lowest BCUT2D eigenvalue weighted by Gasteiger charge is -2.02. The van der Waals surface area contributed by atoms with Crippen LogP contribution in [-0.2, 0) is 11.2 Å². The van der Waals surface area contributed by atoms with Crippen molar-refractivity contribution in [2.45, 2.75) is 12.8 Å². The Hall–Kier alpha value is -2.08. The second-order valence-electron chi connectivity index (χ2n) is 3.37. The molecule has 1 aliphatic rings. The van der Waals surface area contributed by atoms with E-state index in [1.807, 2.05) is 30.3 Å². The topological polar surface area (TPSA) is 52.9 Å². The van der Waals surface area contributed by atoms with Gasteiger partial charge in [0.05, 0.1) is 24.6 Å². The second kappa shape index (κ2) is 3.97. The first-order valence-corrected chi connectivity index (χ1v) is 4.76. The number of para-hydroxylation sites is 1. The van der Waals surface area contributed by atoms with Crippen molar-refractivity contribution >= 4 is 17.7 Å². The van der Waals surface area contributed by atoms with E-state index in [1.54, 1.807) is 6.08 Å². The van der Waals surface area contributed by atoms with Crippen LogP contribution >= 0.6 is 0 Å². The van der Waals surface area contributed by atoms with E-state index in [0.717, 1.165) is 16.8 Å². The van der Waals surface area contributed by atoms with Gasteiger partial charge in [-0.05, 0) is 11.1 Å². The molecule has 0 saturated carbocycles. The number of nitriles is 1. The Morgan fingerprint density at radius 3 is 3.20 bits per heavy atom. The number of fused-ring (bicyclic) bond motifs is 1. The third-order valence-electron chi connectivity index (χ3n) is 2.30. The van der Waals surface area contributed by atoms with E-state index in [0.29, 0.717) is 12.8 Å². The molecule has 0 bridgehead atoms. The van der Waals surface area contributed by atoms with Crippen LogP contribution < -0.4 is 5.32 Å². The van der Waals surface area contributed by atoms with Gasteiger partial charge < -0.3 is 5.32 Å². The average molecular weight is 198 g/mol. The minimum Gasteiger partial charge on any atom is -0.325 e. The molecule has 1 amide bonds. The Balaban J connectivity index is 2.31. The molecule has 0 unspecified atom stereocenters. The van der Waals surface area contributed by atoms with Crippen LogP contribution in [0.15, 0.2) is 24.3 Å². The Morgan fingerprint density at radius 1 is 1.53 bits per heavy atom. The number of anilines is 1. The number of nitrogens with zero attached hydrogens (tertiary/aromatic N) is 1. The SMILES string of the molecule is N#CCC=Cc1cccc2c1NC(=O)C2. The Labute approximate surface area is 88.0 Å². The summed E-state index contributed by atoms with van der Waals surface area (Å²) in [5.41, 5.74) is 2.88. The summed E-state index contributed by atoms with van der Waals surface area (Å²) < 4.78 is 0. The Kier molecular flexibility index (Phi) is 2.51. The molecule has 1 heterocycles. The molecule has 1 N–H and O–H groups in total. The zero-order valence-corrected chi connectivity index (χ0v) is 8.16. The number of benzene rings is 1. The average Bonchev–Trinajstić information content (AvgIpc) is 2.59. The van der Waals surface area contributed by atoms with Gasteiger partial charge in [-0.25, -0.2) is 0 Å². The van der Waals surface area contributed by atoms with Crippen LogP contribution in [0.3, 0.4) is 0 Å². The summed E-state index contributed by atoms with van der Waals surface area (Å²) in [5.74, 6) is 0.0335. The first-order chi connectivity index (χ1) is 7.31. The Morgan fingerprint density at radius 2 is 2.40 bits per heavy atom. The van der Waals surface area contributed by atoms with Gasteiger partial charge >= 0.3 is 0 Å². The third kappa shape index (κ3) is 1.89. The van der Waals surface area contributed by atoms with Gasteiger partial charge in [0.15, 0.2) is 0 Å². The number of amides is 1. The minimum atomic E-state index is 0.0335. The predicted octanol–water partition coefficient (Wildman–Crippen LogP) is 2.11. The molecule has 0 saturated heterocycles. The van der Waals surface area contributed by atoms with Crippen LogP contribution in [0.2, 0.25) is 0 Å². The van der Waals surface area contributed by atoms with E-state index in [1.165, 1.54) is 0 Å². The fourth-order valence-electron chi connectivity index (χ4n) is 1.65. The minimum absolute atomic E-state index is 0.0335. The largest absolute Gasteiger partial charge is 0.325 e. The fourth-order valence-corrected chi connectivity index (χ4v) is 1.65. The molecule has 0 aliphatic carbocycles. The van der Waals surface area contributed by atoms with Crippen LogP contribution in [0.5, 0.6) is 0 Å². The van der Waals surface area contributed by atoms with Crippen LogP contribution in [-0.4, -0.2) is 5.91 Å². The molecule has 0 spiro atoms. The number of hydrogen-bond acceptors (Lipinski definition) is 2. The summed E-state index contributed by atoms with van der Waals surface area (Å²) in [6.07, 6.45) is 4.50. The first-order valence-electron chi connectivity index (χ1n) is 4.76. The van der Waals surface area contributed by atoms with Crippen LogP contribution in [0.1, 0.15) is 17.5 Å². The van der Waals surface area contributed by atoms with Gasteiger partial charge in [0.1, 0.15) is 0 Å². The van der Waals surface area contributed by atoms with Crippen LogP contribution in [0.4, 0.5) is 5.69 Å². The van der Waals surface area contributed by atoms with Gasteiger partial charge in [-0.2, -0.15) is 5.26 Å². The number of allylic oxidation sites excluding steroid dienone is 1. The highest BCUT2D eigenvalue weighted by Crippen LogP contribution is 2.27.